The van der Waals surface area contributed by atoms with E-state index in [4.69, 9.17) is 4.98 Å². The van der Waals surface area contributed by atoms with Crippen LogP contribution in [0.3, 0.4) is 0 Å². The van der Waals surface area contributed by atoms with E-state index < -0.39 is 0 Å². The molecule has 1 heterocycles. The molecule has 0 unspecified atom stereocenters. The molecule has 2 N–H and O–H groups in total. The third kappa shape index (κ3) is 2.72. The van der Waals surface area contributed by atoms with Crippen LogP contribution in [-0.2, 0) is 0 Å². The van der Waals surface area contributed by atoms with E-state index in [1.165, 1.54) is 21.5 Å². The third-order valence-corrected chi connectivity index (χ3v) is 5.59. The summed E-state index contributed by atoms with van der Waals surface area (Å²) in [7, 11) is 0. The lowest BCUT2D eigenvalue weighted by molar-refractivity contribution is 1.34. The van der Waals surface area contributed by atoms with Crippen LogP contribution in [0.4, 0.5) is 11.4 Å². The van der Waals surface area contributed by atoms with E-state index in [1.54, 1.807) is 0 Å². The largest absolute Gasteiger partial charge is 0.356 e. The van der Waals surface area contributed by atoms with Crippen molar-refractivity contribution in [2.45, 2.75) is 0 Å². The van der Waals surface area contributed by atoms with Crippen LogP contribution in [0.5, 0.6) is 0 Å². The summed E-state index contributed by atoms with van der Waals surface area (Å²) in [5.41, 5.74) is 5.30. The summed E-state index contributed by atoms with van der Waals surface area (Å²) in [6.07, 6.45) is 0. The summed E-state index contributed by atoms with van der Waals surface area (Å²) >= 11 is 0. The molecule has 30 heavy (non-hydrogen) atoms. The minimum Gasteiger partial charge on any atom is -0.356 e. The molecule has 3 nitrogen and oxygen atoms in total. The predicted octanol–water partition coefficient (Wildman–Crippen LogP) is 7.28. The van der Waals surface area contributed by atoms with Crippen LogP contribution in [0.25, 0.3) is 44.0 Å². The molecule has 0 amide bonds. The van der Waals surface area contributed by atoms with Crippen LogP contribution < -0.4 is 5.32 Å². The van der Waals surface area contributed by atoms with Crippen molar-refractivity contribution in [1.82, 2.24) is 9.97 Å². The van der Waals surface area contributed by atoms with Crippen molar-refractivity contribution in [2.24, 2.45) is 0 Å². The number of nitrogens with zero attached hydrogens (tertiary/aromatic N) is 1. The second kappa shape index (κ2) is 6.75. The maximum absolute atomic E-state index is 5.00. The summed E-state index contributed by atoms with van der Waals surface area (Å²) < 4.78 is 0. The molecule has 0 radical (unpaired) electrons. The van der Waals surface area contributed by atoms with Crippen molar-refractivity contribution < 1.29 is 0 Å². The van der Waals surface area contributed by atoms with Gasteiger partial charge in [-0.2, -0.15) is 0 Å². The van der Waals surface area contributed by atoms with Gasteiger partial charge in [0.05, 0.1) is 11.0 Å². The van der Waals surface area contributed by atoms with E-state index in [9.17, 15) is 0 Å². The van der Waals surface area contributed by atoms with Gasteiger partial charge >= 0.3 is 0 Å². The van der Waals surface area contributed by atoms with Crippen molar-refractivity contribution >= 4 is 44.0 Å². The van der Waals surface area contributed by atoms with Crippen molar-refractivity contribution in [3.63, 3.8) is 0 Å². The number of para-hydroxylation sites is 1. The minimum atomic E-state index is 0.887. The number of hydrogen-bond acceptors (Lipinski definition) is 2. The fraction of sp³-hybridized carbons (Fsp3) is 0. The number of rotatable bonds is 3. The normalized spacial score (nSPS) is 11.3. The van der Waals surface area contributed by atoms with E-state index in [1.807, 2.05) is 18.2 Å². The summed E-state index contributed by atoms with van der Waals surface area (Å²) in [6.45, 7) is 0. The maximum Gasteiger partial charge on any atom is 0.138 e. The highest BCUT2D eigenvalue weighted by molar-refractivity contribution is 6.23. The molecule has 0 spiro atoms. The molecule has 0 saturated heterocycles. The topological polar surface area (TPSA) is 40.7 Å². The van der Waals surface area contributed by atoms with E-state index in [-0.39, 0.29) is 0 Å². The Hall–Kier alpha value is -4.11. The average Bonchev–Trinajstić information content (AvgIpc) is 3.26. The van der Waals surface area contributed by atoms with Crippen LogP contribution in [0.2, 0.25) is 0 Å². The molecule has 0 bridgehead atoms. The molecule has 1 aromatic heterocycles. The number of fused-ring (bicyclic) bond motifs is 6. The van der Waals surface area contributed by atoms with Gasteiger partial charge in [0.1, 0.15) is 5.82 Å². The summed E-state index contributed by atoms with van der Waals surface area (Å²) in [5, 5.41) is 8.29. The maximum atomic E-state index is 5.00. The highest BCUT2D eigenvalue weighted by Crippen LogP contribution is 2.35. The number of aromatic nitrogens is 2. The third-order valence-electron chi connectivity index (χ3n) is 5.59. The number of benzene rings is 5. The monoisotopic (exact) mass is 385 g/mol. The number of H-pyrrole nitrogens is 1. The second-order valence-electron chi connectivity index (χ2n) is 7.47. The smallest absolute Gasteiger partial charge is 0.138 e. The summed E-state index contributed by atoms with van der Waals surface area (Å²) in [6, 6.07) is 35.6. The quantitative estimate of drug-likeness (QED) is 0.314. The van der Waals surface area contributed by atoms with Gasteiger partial charge in [-0.1, -0.05) is 66.7 Å². The Morgan fingerprint density at radius 2 is 1.10 bits per heavy atom. The van der Waals surface area contributed by atoms with Gasteiger partial charge in [-0.3, -0.25) is 0 Å². The first-order valence-electron chi connectivity index (χ1n) is 10.1. The fourth-order valence-corrected chi connectivity index (χ4v) is 4.16. The van der Waals surface area contributed by atoms with Gasteiger partial charge in [-0.15, -0.1) is 0 Å². The first-order valence-corrected chi connectivity index (χ1v) is 10.1. The molecular formula is C27H19N3. The number of aromatic amines is 1. The Balaban J connectivity index is 1.47. The Labute approximate surface area is 174 Å². The highest BCUT2D eigenvalue weighted by atomic mass is 14.9. The van der Waals surface area contributed by atoms with Crippen LogP contribution >= 0.6 is 0 Å². The lowest BCUT2D eigenvalue weighted by Gasteiger charge is -2.06. The molecule has 5 aromatic carbocycles. The van der Waals surface area contributed by atoms with Crippen LogP contribution in [0.1, 0.15) is 0 Å². The predicted molar refractivity (Wildman–Crippen MR) is 126 cm³/mol. The fourth-order valence-electron chi connectivity index (χ4n) is 4.16. The Morgan fingerprint density at radius 1 is 0.533 bits per heavy atom. The zero-order valence-corrected chi connectivity index (χ0v) is 16.3. The van der Waals surface area contributed by atoms with E-state index in [0.29, 0.717) is 0 Å². The number of nitrogens with one attached hydrogen (secondary N) is 2. The van der Waals surface area contributed by atoms with Gasteiger partial charge in [0.2, 0.25) is 0 Å². The van der Waals surface area contributed by atoms with Crippen molar-refractivity contribution in [2.75, 3.05) is 5.32 Å². The first kappa shape index (κ1) is 16.8. The van der Waals surface area contributed by atoms with Gasteiger partial charge in [-0.05, 0) is 47.2 Å². The van der Waals surface area contributed by atoms with E-state index >= 15 is 0 Å². The molecule has 142 valence electrons. The molecule has 3 heteroatoms. The average molecular weight is 385 g/mol. The number of hydrogen-bond donors (Lipinski definition) is 2. The lowest BCUT2D eigenvalue weighted by atomic mass is 10.0. The van der Waals surface area contributed by atoms with Gasteiger partial charge in [0, 0.05) is 27.7 Å². The van der Waals surface area contributed by atoms with Gasteiger partial charge in [-0.25, -0.2) is 4.98 Å². The molecule has 0 aliphatic carbocycles. The van der Waals surface area contributed by atoms with Gasteiger partial charge in [0.25, 0.3) is 0 Å². The standard InChI is InChI=1S/C27H19N3/c1-2-8-19(9-3-1)28-20-16-14-18(15-17-20)27-29-25-23-12-6-4-10-21(23)22-11-5-7-13-24(22)26(25)30-27/h1-17,28H,(H,29,30). The van der Waals surface area contributed by atoms with Crippen LogP contribution in [0, 0.1) is 0 Å². The van der Waals surface area contributed by atoms with Gasteiger partial charge in [0.15, 0.2) is 0 Å². The lowest BCUT2D eigenvalue weighted by Crippen LogP contribution is -1.89. The molecular weight excluding hydrogens is 366 g/mol. The molecule has 0 fully saturated rings. The highest BCUT2D eigenvalue weighted by Gasteiger charge is 2.13. The molecule has 0 saturated carbocycles. The van der Waals surface area contributed by atoms with E-state index in [0.717, 1.165) is 33.8 Å². The second-order valence-corrected chi connectivity index (χ2v) is 7.47. The summed E-state index contributed by atoms with van der Waals surface area (Å²) in [5.74, 6) is 0.887. The summed E-state index contributed by atoms with van der Waals surface area (Å²) in [4.78, 5) is 8.58. The molecule has 6 aromatic rings. The molecule has 6 rings (SSSR count). The molecule has 0 aliphatic rings. The van der Waals surface area contributed by atoms with Crippen molar-refractivity contribution in [3.05, 3.63) is 103 Å². The Bertz CT molecular complexity index is 1420. The first-order chi connectivity index (χ1) is 14.9. The number of imidazole rings is 1. The Kier molecular flexibility index (Phi) is 3.78. The SMILES string of the molecule is c1ccc(Nc2ccc(-c3nc4c5ccccc5c5ccccc5c4[nH]3)cc2)cc1. The minimum absolute atomic E-state index is 0.887. The van der Waals surface area contributed by atoms with Crippen LogP contribution in [0.15, 0.2) is 103 Å². The molecule has 0 aliphatic heterocycles. The zero-order valence-electron chi connectivity index (χ0n) is 16.3. The Morgan fingerprint density at radius 3 is 1.83 bits per heavy atom. The van der Waals surface area contributed by atoms with Crippen molar-refractivity contribution in [1.29, 1.82) is 0 Å². The van der Waals surface area contributed by atoms with Crippen molar-refractivity contribution in [3.8, 4) is 11.4 Å². The number of anilines is 2. The molecule has 0 atom stereocenters. The van der Waals surface area contributed by atoms with Crippen LogP contribution in [-0.4, -0.2) is 9.97 Å². The van der Waals surface area contributed by atoms with E-state index in [2.05, 4.69) is 95.2 Å². The zero-order chi connectivity index (χ0) is 19.9. The van der Waals surface area contributed by atoms with Gasteiger partial charge < -0.3 is 10.3 Å².